The van der Waals surface area contributed by atoms with Gasteiger partial charge in [-0.3, -0.25) is 4.57 Å². The predicted octanol–water partition coefficient (Wildman–Crippen LogP) is 5.65. The highest BCUT2D eigenvalue weighted by Gasteiger charge is 2.19. The van der Waals surface area contributed by atoms with Crippen molar-refractivity contribution in [3.8, 4) is 22.8 Å². The standard InChI is InChI=1S/C20H17ClN4OS2/c1-13-22-15(11-27-13)12-28-20-24-23-19(17-5-3-4-6-18(17)26-2)25(20)16-9-7-14(21)8-10-16/h3-11H,12H2,1-2H3. The van der Waals surface area contributed by atoms with E-state index in [1.165, 1.54) is 0 Å². The quantitative estimate of drug-likeness (QED) is 0.371. The molecule has 0 spiro atoms. The smallest absolute Gasteiger partial charge is 0.196 e. The van der Waals surface area contributed by atoms with Crippen LogP contribution in [0.2, 0.25) is 5.02 Å². The topological polar surface area (TPSA) is 52.8 Å². The maximum Gasteiger partial charge on any atom is 0.196 e. The van der Waals surface area contributed by atoms with Gasteiger partial charge in [-0.15, -0.1) is 21.5 Å². The number of nitrogens with zero attached hydrogens (tertiary/aromatic N) is 4. The van der Waals surface area contributed by atoms with Crippen molar-refractivity contribution in [3.05, 3.63) is 69.6 Å². The molecule has 0 aliphatic heterocycles. The van der Waals surface area contributed by atoms with Gasteiger partial charge in [-0.05, 0) is 43.3 Å². The van der Waals surface area contributed by atoms with Gasteiger partial charge in [0.05, 0.1) is 23.4 Å². The number of para-hydroxylation sites is 1. The van der Waals surface area contributed by atoms with Crippen LogP contribution in [-0.2, 0) is 5.75 Å². The Kier molecular flexibility index (Phi) is 5.66. The lowest BCUT2D eigenvalue weighted by atomic mass is 10.2. The first-order chi connectivity index (χ1) is 13.7. The Balaban J connectivity index is 1.78. The van der Waals surface area contributed by atoms with E-state index in [9.17, 15) is 0 Å². The number of aryl methyl sites for hydroxylation is 1. The number of benzene rings is 2. The average Bonchev–Trinajstić information content (AvgIpc) is 3.33. The van der Waals surface area contributed by atoms with Crippen molar-refractivity contribution in [3.63, 3.8) is 0 Å². The monoisotopic (exact) mass is 428 g/mol. The molecule has 0 radical (unpaired) electrons. The second kappa shape index (κ2) is 8.34. The summed E-state index contributed by atoms with van der Waals surface area (Å²) in [5, 5.41) is 13.5. The minimum absolute atomic E-state index is 0.683. The molecule has 0 amide bonds. The summed E-state index contributed by atoms with van der Waals surface area (Å²) >= 11 is 9.34. The van der Waals surface area contributed by atoms with Gasteiger partial charge in [0.25, 0.3) is 0 Å². The molecule has 2 heterocycles. The Labute approximate surface area is 176 Å². The van der Waals surface area contributed by atoms with Crippen LogP contribution in [0.3, 0.4) is 0 Å². The molecule has 2 aromatic carbocycles. The Morgan fingerprint density at radius 1 is 1.11 bits per heavy atom. The van der Waals surface area contributed by atoms with E-state index in [1.54, 1.807) is 30.2 Å². The van der Waals surface area contributed by atoms with Crippen molar-refractivity contribution in [2.75, 3.05) is 7.11 Å². The zero-order valence-corrected chi connectivity index (χ0v) is 17.7. The van der Waals surface area contributed by atoms with Gasteiger partial charge in [-0.25, -0.2) is 4.98 Å². The first-order valence-corrected chi connectivity index (χ1v) is 10.8. The molecule has 5 nitrogen and oxygen atoms in total. The van der Waals surface area contributed by atoms with Crippen molar-refractivity contribution in [1.82, 2.24) is 19.7 Å². The Morgan fingerprint density at radius 3 is 2.61 bits per heavy atom. The minimum Gasteiger partial charge on any atom is -0.496 e. The second-order valence-corrected chi connectivity index (χ2v) is 8.41. The number of halogens is 1. The Morgan fingerprint density at radius 2 is 1.89 bits per heavy atom. The molecule has 28 heavy (non-hydrogen) atoms. The van der Waals surface area contributed by atoms with Crippen LogP contribution >= 0.6 is 34.7 Å². The molecule has 4 rings (SSSR count). The van der Waals surface area contributed by atoms with Crippen molar-refractivity contribution in [2.45, 2.75) is 17.8 Å². The highest BCUT2D eigenvalue weighted by molar-refractivity contribution is 7.98. The first-order valence-electron chi connectivity index (χ1n) is 8.54. The van der Waals surface area contributed by atoms with Gasteiger partial charge in [0, 0.05) is 21.8 Å². The van der Waals surface area contributed by atoms with Crippen molar-refractivity contribution < 1.29 is 4.74 Å². The van der Waals surface area contributed by atoms with E-state index >= 15 is 0 Å². The Hall–Kier alpha value is -2.35. The third-order valence-corrected chi connectivity index (χ3v) is 6.12. The van der Waals surface area contributed by atoms with Crippen LogP contribution < -0.4 is 4.74 Å². The summed E-state index contributed by atoms with van der Waals surface area (Å²) in [5.41, 5.74) is 2.85. The largest absolute Gasteiger partial charge is 0.496 e. The molecular weight excluding hydrogens is 412 g/mol. The summed E-state index contributed by atoms with van der Waals surface area (Å²) in [6.07, 6.45) is 0. The molecular formula is C20H17ClN4OS2. The van der Waals surface area contributed by atoms with Gasteiger partial charge in [-0.1, -0.05) is 35.5 Å². The summed E-state index contributed by atoms with van der Waals surface area (Å²) < 4.78 is 7.56. The second-order valence-electron chi connectivity index (χ2n) is 5.96. The molecule has 8 heteroatoms. The maximum atomic E-state index is 6.09. The van der Waals surface area contributed by atoms with Crippen LogP contribution in [-0.4, -0.2) is 26.9 Å². The maximum absolute atomic E-state index is 6.09. The van der Waals surface area contributed by atoms with Gasteiger partial charge < -0.3 is 4.74 Å². The molecule has 0 aliphatic rings. The fraction of sp³-hybridized carbons (Fsp3) is 0.150. The van der Waals surface area contributed by atoms with Gasteiger partial charge in [-0.2, -0.15) is 0 Å². The molecule has 2 aromatic heterocycles. The van der Waals surface area contributed by atoms with E-state index in [4.69, 9.17) is 16.3 Å². The van der Waals surface area contributed by atoms with Crippen LogP contribution in [0.4, 0.5) is 0 Å². The zero-order valence-electron chi connectivity index (χ0n) is 15.3. The third-order valence-electron chi connectivity index (χ3n) is 4.08. The fourth-order valence-corrected chi connectivity index (χ4v) is 4.49. The normalized spacial score (nSPS) is 11.0. The molecule has 0 atom stereocenters. The molecule has 4 aromatic rings. The summed E-state index contributed by atoms with van der Waals surface area (Å²) in [5.74, 6) is 2.19. The lowest BCUT2D eigenvalue weighted by Gasteiger charge is -2.12. The summed E-state index contributed by atoms with van der Waals surface area (Å²) in [7, 11) is 1.65. The molecule has 0 aliphatic carbocycles. The third kappa shape index (κ3) is 3.92. The number of hydrogen-bond donors (Lipinski definition) is 0. The number of rotatable bonds is 6. The number of methoxy groups -OCH3 is 1. The molecule has 142 valence electrons. The number of aromatic nitrogens is 4. The average molecular weight is 429 g/mol. The van der Waals surface area contributed by atoms with E-state index in [0.717, 1.165) is 44.4 Å². The first kappa shape index (κ1) is 19.0. The molecule has 0 bridgehead atoms. The van der Waals surface area contributed by atoms with E-state index in [1.807, 2.05) is 60.0 Å². The zero-order chi connectivity index (χ0) is 19.5. The van der Waals surface area contributed by atoms with Crippen molar-refractivity contribution in [1.29, 1.82) is 0 Å². The van der Waals surface area contributed by atoms with Crippen LogP contribution in [0, 0.1) is 6.92 Å². The summed E-state index contributed by atoms with van der Waals surface area (Å²) in [4.78, 5) is 4.53. The number of hydrogen-bond acceptors (Lipinski definition) is 6. The van der Waals surface area contributed by atoms with Crippen LogP contribution in [0.5, 0.6) is 5.75 Å². The van der Waals surface area contributed by atoms with Crippen LogP contribution in [0.25, 0.3) is 17.1 Å². The van der Waals surface area contributed by atoms with Gasteiger partial charge in [0.15, 0.2) is 11.0 Å². The van der Waals surface area contributed by atoms with E-state index in [0.29, 0.717) is 5.02 Å². The predicted molar refractivity (Wildman–Crippen MR) is 115 cm³/mol. The van der Waals surface area contributed by atoms with E-state index in [2.05, 4.69) is 20.6 Å². The summed E-state index contributed by atoms with van der Waals surface area (Å²) in [6.45, 7) is 2.01. The SMILES string of the molecule is COc1ccccc1-c1nnc(SCc2csc(C)n2)n1-c1ccc(Cl)cc1. The number of ether oxygens (including phenoxy) is 1. The highest BCUT2D eigenvalue weighted by atomic mass is 35.5. The Bertz CT molecular complexity index is 1090. The van der Waals surface area contributed by atoms with Gasteiger partial charge >= 0.3 is 0 Å². The molecule has 0 saturated carbocycles. The van der Waals surface area contributed by atoms with E-state index in [-0.39, 0.29) is 0 Å². The summed E-state index contributed by atoms with van der Waals surface area (Å²) in [6, 6.07) is 15.4. The van der Waals surface area contributed by atoms with Crippen molar-refractivity contribution >= 4 is 34.7 Å². The molecule has 0 saturated heterocycles. The van der Waals surface area contributed by atoms with Crippen molar-refractivity contribution in [2.24, 2.45) is 0 Å². The van der Waals surface area contributed by atoms with Gasteiger partial charge in [0.1, 0.15) is 5.75 Å². The van der Waals surface area contributed by atoms with Crippen LogP contribution in [0.15, 0.2) is 59.1 Å². The molecule has 0 unspecified atom stereocenters. The number of thioether (sulfide) groups is 1. The molecule has 0 fully saturated rings. The van der Waals surface area contributed by atoms with E-state index < -0.39 is 0 Å². The fourth-order valence-electron chi connectivity index (χ4n) is 2.80. The van der Waals surface area contributed by atoms with Gasteiger partial charge in [0.2, 0.25) is 0 Å². The molecule has 0 N–H and O–H groups in total. The lowest BCUT2D eigenvalue weighted by Crippen LogP contribution is -2.01. The lowest BCUT2D eigenvalue weighted by molar-refractivity contribution is 0.416. The minimum atomic E-state index is 0.683. The van der Waals surface area contributed by atoms with Crippen LogP contribution in [0.1, 0.15) is 10.7 Å². The highest BCUT2D eigenvalue weighted by Crippen LogP contribution is 2.34. The number of thiazole rings is 1.